The molecule has 0 bridgehead atoms. The minimum absolute atomic E-state index is 0.191. The lowest BCUT2D eigenvalue weighted by molar-refractivity contribution is 0.474. The highest BCUT2D eigenvalue weighted by molar-refractivity contribution is 6.17. The van der Waals surface area contributed by atoms with E-state index in [2.05, 4.69) is 23.4 Å². The maximum absolute atomic E-state index is 13.7. The smallest absolute Gasteiger partial charge is 0.128 e. The Morgan fingerprint density at radius 1 is 1.33 bits per heavy atom. The number of hydrogen-bond acceptors (Lipinski definition) is 1. The SMILES string of the molecule is CCCCCC(C)n1c(CCCl)nc2cc(F)c(C)cc21. The highest BCUT2D eigenvalue weighted by Gasteiger charge is 2.16. The van der Waals surface area contributed by atoms with E-state index in [1.54, 1.807) is 6.92 Å². The van der Waals surface area contributed by atoms with Crippen LogP contribution >= 0.6 is 11.6 Å². The van der Waals surface area contributed by atoms with Gasteiger partial charge in [0, 0.05) is 24.4 Å². The number of halogens is 2. The van der Waals surface area contributed by atoms with Gasteiger partial charge in [-0.3, -0.25) is 0 Å². The molecule has 1 aromatic carbocycles. The summed E-state index contributed by atoms with van der Waals surface area (Å²) in [6, 6.07) is 3.81. The molecule has 1 heterocycles. The molecular formula is C17H24ClFN2. The summed E-state index contributed by atoms with van der Waals surface area (Å²) in [6.07, 6.45) is 5.50. The molecule has 0 N–H and O–H groups in total. The first-order valence-corrected chi connectivity index (χ1v) is 8.34. The van der Waals surface area contributed by atoms with E-state index in [1.807, 2.05) is 6.07 Å². The lowest BCUT2D eigenvalue weighted by atomic mass is 10.1. The molecule has 0 aliphatic heterocycles. The maximum Gasteiger partial charge on any atom is 0.128 e. The first-order valence-electron chi connectivity index (χ1n) is 7.81. The molecule has 0 aliphatic rings. The fraction of sp³-hybridized carbons (Fsp3) is 0.588. The third kappa shape index (κ3) is 3.57. The van der Waals surface area contributed by atoms with E-state index in [0.29, 0.717) is 17.5 Å². The van der Waals surface area contributed by atoms with Gasteiger partial charge in [-0.25, -0.2) is 9.37 Å². The van der Waals surface area contributed by atoms with Crippen LogP contribution in [0.2, 0.25) is 0 Å². The average molecular weight is 311 g/mol. The molecular weight excluding hydrogens is 287 g/mol. The molecule has 2 aromatic rings. The summed E-state index contributed by atoms with van der Waals surface area (Å²) < 4.78 is 16.0. The van der Waals surface area contributed by atoms with Crippen LogP contribution in [0.25, 0.3) is 11.0 Å². The third-order valence-electron chi connectivity index (χ3n) is 4.03. The summed E-state index contributed by atoms with van der Waals surface area (Å²) >= 11 is 5.90. The van der Waals surface area contributed by atoms with Crippen molar-refractivity contribution in [2.75, 3.05) is 5.88 Å². The van der Waals surface area contributed by atoms with Crippen LogP contribution < -0.4 is 0 Å². The van der Waals surface area contributed by atoms with Gasteiger partial charge in [-0.05, 0) is 31.9 Å². The van der Waals surface area contributed by atoms with Crippen molar-refractivity contribution in [1.82, 2.24) is 9.55 Å². The monoisotopic (exact) mass is 310 g/mol. The summed E-state index contributed by atoms with van der Waals surface area (Å²) in [7, 11) is 0. The fourth-order valence-electron chi connectivity index (χ4n) is 2.84. The summed E-state index contributed by atoms with van der Waals surface area (Å²) in [6.45, 7) is 6.23. The quantitative estimate of drug-likeness (QED) is 0.494. The predicted molar refractivity (Wildman–Crippen MR) is 87.7 cm³/mol. The van der Waals surface area contributed by atoms with Crippen molar-refractivity contribution in [2.45, 2.75) is 58.9 Å². The zero-order chi connectivity index (χ0) is 15.4. The predicted octanol–water partition coefficient (Wildman–Crippen LogP) is 5.41. The van der Waals surface area contributed by atoms with Crippen molar-refractivity contribution in [3.05, 3.63) is 29.3 Å². The molecule has 0 aliphatic carbocycles. The first kappa shape index (κ1) is 16.3. The van der Waals surface area contributed by atoms with E-state index >= 15 is 0 Å². The molecule has 0 spiro atoms. The van der Waals surface area contributed by atoms with Gasteiger partial charge in [-0.2, -0.15) is 0 Å². The van der Waals surface area contributed by atoms with Crippen LogP contribution in [-0.2, 0) is 6.42 Å². The number of aromatic nitrogens is 2. The molecule has 0 amide bonds. The topological polar surface area (TPSA) is 17.8 Å². The van der Waals surface area contributed by atoms with Crippen LogP contribution in [0.4, 0.5) is 4.39 Å². The Hall–Kier alpha value is -1.09. The number of unbranched alkanes of at least 4 members (excludes halogenated alkanes) is 2. The van der Waals surface area contributed by atoms with Gasteiger partial charge in [0.1, 0.15) is 11.6 Å². The van der Waals surface area contributed by atoms with Crippen LogP contribution in [0.1, 0.15) is 57.0 Å². The number of fused-ring (bicyclic) bond motifs is 1. The Morgan fingerprint density at radius 2 is 2.10 bits per heavy atom. The summed E-state index contributed by atoms with van der Waals surface area (Å²) in [4.78, 5) is 4.59. The van der Waals surface area contributed by atoms with Crippen molar-refractivity contribution < 1.29 is 4.39 Å². The standard InChI is InChI=1S/C17H24ClFN2/c1-4-5-6-7-13(3)21-16-10-12(2)14(19)11-15(16)20-17(21)8-9-18/h10-11,13H,4-9H2,1-3H3. The van der Waals surface area contributed by atoms with Gasteiger partial charge in [-0.1, -0.05) is 26.2 Å². The zero-order valence-corrected chi connectivity index (χ0v) is 13.9. The number of hydrogen-bond donors (Lipinski definition) is 0. The van der Waals surface area contributed by atoms with E-state index in [9.17, 15) is 4.39 Å². The molecule has 2 nitrogen and oxygen atoms in total. The number of alkyl halides is 1. The molecule has 0 fully saturated rings. The molecule has 1 unspecified atom stereocenters. The Balaban J connectivity index is 2.42. The Labute approximate surface area is 131 Å². The second kappa shape index (κ2) is 7.26. The number of rotatable bonds is 7. The van der Waals surface area contributed by atoms with Crippen LogP contribution in [0.5, 0.6) is 0 Å². The van der Waals surface area contributed by atoms with Crippen molar-refractivity contribution in [2.24, 2.45) is 0 Å². The number of imidazole rings is 1. The summed E-state index contributed by atoms with van der Waals surface area (Å²) in [5.41, 5.74) is 2.43. The lowest BCUT2D eigenvalue weighted by Gasteiger charge is -2.17. The Kier molecular flexibility index (Phi) is 5.63. The molecule has 1 aromatic heterocycles. The molecule has 0 saturated carbocycles. The van der Waals surface area contributed by atoms with Crippen molar-refractivity contribution in [3.8, 4) is 0 Å². The number of benzene rings is 1. The second-order valence-electron chi connectivity index (χ2n) is 5.77. The van der Waals surface area contributed by atoms with Gasteiger partial charge in [0.25, 0.3) is 0 Å². The van der Waals surface area contributed by atoms with Crippen molar-refractivity contribution >= 4 is 22.6 Å². The van der Waals surface area contributed by atoms with Gasteiger partial charge in [0.05, 0.1) is 11.0 Å². The Morgan fingerprint density at radius 3 is 2.76 bits per heavy atom. The number of aryl methyl sites for hydroxylation is 2. The van der Waals surface area contributed by atoms with Gasteiger partial charge in [0.15, 0.2) is 0 Å². The van der Waals surface area contributed by atoms with E-state index in [4.69, 9.17) is 11.6 Å². The minimum atomic E-state index is -0.191. The molecule has 0 radical (unpaired) electrons. The molecule has 116 valence electrons. The molecule has 1 atom stereocenters. The average Bonchev–Trinajstić information content (AvgIpc) is 2.77. The second-order valence-corrected chi connectivity index (χ2v) is 6.15. The number of nitrogens with zero attached hydrogens (tertiary/aromatic N) is 2. The molecule has 2 rings (SSSR count). The first-order chi connectivity index (χ1) is 10.1. The van der Waals surface area contributed by atoms with Crippen LogP contribution in [0.3, 0.4) is 0 Å². The van der Waals surface area contributed by atoms with E-state index in [0.717, 1.165) is 29.7 Å². The highest BCUT2D eigenvalue weighted by Crippen LogP contribution is 2.27. The Bertz CT molecular complexity index is 606. The van der Waals surface area contributed by atoms with Gasteiger partial charge in [-0.15, -0.1) is 11.6 Å². The van der Waals surface area contributed by atoms with E-state index in [-0.39, 0.29) is 5.82 Å². The van der Waals surface area contributed by atoms with Gasteiger partial charge in [0.2, 0.25) is 0 Å². The lowest BCUT2D eigenvalue weighted by Crippen LogP contribution is -2.10. The zero-order valence-electron chi connectivity index (χ0n) is 13.1. The van der Waals surface area contributed by atoms with Crippen LogP contribution in [0.15, 0.2) is 12.1 Å². The summed E-state index contributed by atoms with van der Waals surface area (Å²) in [5.74, 6) is 1.31. The fourth-order valence-corrected chi connectivity index (χ4v) is 3.01. The largest absolute Gasteiger partial charge is 0.325 e. The highest BCUT2D eigenvalue weighted by atomic mass is 35.5. The maximum atomic E-state index is 13.7. The van der Waals surface area contributed by atoms with E-state index in [1.165, 1.54) is 25.3 Å². The van der Waals surface area contributed by atoms with Crippen molar-refractivity contribution in [3.63, 3.8) is 0 Å². The van der Waals surface area contributed by atoms with Gasteiger partial charge >= 0.3 is 0 Å². The molecule has 21 heavy (non-hydrogen) atoms. The summed E-state index contributed by atoms with van der Waals surface area (Å²) in [5, 5.41) is 0. The molecule has 4 heteroatoms. The minimum Gasteiger partial charge on any atom is -0.325 e. The van der Waals surface area contributed by atoms with Gasteiger partial charge < -0.3 is 4.57 Å². The van der Waals surface area contributed by atoms with Crippen molar-refractivity contribution in [1.29, 1.82) is 0 Å². The third-order valence-corrected chi connectivity index (χ3v) is 4.22. The van der Waals surface area contributed by atoms with Crippen LogP contribution in [0, 0.1) is 12.7 Å². The van der Waals surface area contributed by atoms with E-state index < -0.39 is 0 Å². The molecule has 0 saturated heterocycles. The normalized spacial score (nSPS) is 13.0. The van der Waals surface area contributed by atoms with Crippen LogP contribution in [-0.4, -0.2) is 15.4 Å².